The van der Waals surface area contributed by atoms with Crippen molar-refractivity contribution >= 4 is 153 Å². The lowest BCUT2D eigenvalue weighted by molar-refractivity contribution is -0.385. The molecule has 0 aromatic heterocycles. The van der Waals surface area contributed by atoms with Gasteiger partial charge in [-0.2, -0.15) is 0 Å². The summed E-state index contributed by atoms with van der Waals surface area (Å²) in [5.74, 6) is -0.0927. The number of anilines is 3. The third-order valence-electron chi connectivity index (χ3n) is 19.0. The topological polar surface area (TPSA) is 268 Å². The van der Waals surface area contributed by atoms with Crippen molar-refractivity contribution in [2.75, 3.05) is 17.2 Å². The molecule has 0 fully saturated rings. The third-order valence-corrected chi connectivity index (χ3v) is 21.8. The monoisotopic (exact) mass is 1680 g/mol. The second-order valence-corrected chi connectivity index (χ2v) is 29.4. The second kappa shape index (κ2) is 32.3. The van der Waals surface area contributed by atoms with Gasteiger partial charge >= 0.3 is 0 Å². The number of nitro groups is 4. The molecule has 13 aromatic rings. The van der Waals surface area contributed by atoms with Gasteiger partial charge in [-0.3, -0.25) is 45.3 Å². The van der Waals surface area contributed by atoms with Crippen LogP contribution in [-0.4, -0.2) is 30.3 Å². The molecule has 20 heteroatoms. The highest BCUT2D eigenvalue weighted by atomic mass is 79.9. The normalized spacial score (nSPS) is 13.0. The molecule has 13 aromatic carbocycles. The number of halogens is 4. The second-order valence-electron chi connectivity index (χ2n) is 25.8. The molecule has 4 aliphatic rings. The maximum atomic E-state index is 11.0. The Morgan fingerprint density at radius 1 is 0.417 bits per heavy atom. The van der Waals surface area contributed by atoms with Gasteiger partial charge in [0.2, 0.25) is 0 Å². The van der Waals surface area contributed by atoms with Crippen LogP contribution in [-0.2, 0) is 12.8 Å². The van der Waals surface area contributed by atoms with E-state index in [9.17, 15) is 45.3 Å². The highest BCUT2D eigenvalue weighted by Crippen LogP contribution is 2.50. The molecule has 1 atom stereocenters. The smallest absolute Gasteiger partial charge is 0.269 e. The Kier molecular flexibility index (Phi) is 22.2. The van der Waals surface area contributed by atoms with E-state index in [1.165, 1.54) is 138 Å². The third kappa shape index (κ3) is 16.5. The first-order chi connectivity index (χ1) is 52.0. The summed E-state index contributed by atoms with van der Waals surface area (Å²) in [6.07, 6.45) is 14.7. The summed E-state index contributed by atoms with van der Waals surface area (Å²) in [7, 11) is 0. The van der Waals surface area contributed by atoms with E-state index in [1.54, 1.807) is 36.4 Å². The van der Waals surface area contributed by atoms with Crippen molar-refractivity contribution in [3.63, 3.8) is 0 Å². The van der Waals surface area contributed by atoms with Gasteiger partial charge in [0.25, 0.3) is 22.7 Å². The highest BCUT2D eigenvalue weighted by molar-refractivity contribution is 9.15. The molecule has 0 saturated carbocycles. The molecule has 532 valence electrons. The molecule has 0 bridgehead atoms. The first kappa shape index (κ1) is 74.2. The lowest BCUT2D eigenvalue weighted by Crippen LogP contribution is -2.12. The molecule has 0 amide bonds. The standard InChI is InChI=1S/C24H15N3O6.C24H21N3.C16H8Br4.C16H12.C8H7NO3/c28-25(29)22-7-1-16(2-8-22)19-13-20(17-3-9-23(10-4-17)26(30)31)15-21(14-19)18-5-11-24(12-6-18)27(32)33;25-22-7-1-16(2-8-22)19-13-20(17-3-9-23(26)10-4-17)15-21(14-19)18-5-11-24(27)12-6-18;17-11-5-13(19)9-3-4-10-14(20)6-12(18)8-2-1-7(11)15(9)16(8)10;1-3-11-7-9-13-5-2-6-14-10-8-12(4-1)15(11)16(13)14;1-6(10)7-2-4-8(5-3-7)9(11)12/h1-15H;1-15H,25-27H2;1-3,5-6,13H,4H2;1-5,7,9-10H,6,8H2;2-5H,1H3. The fourth-order valence-corrected chi connectivity index (χ4v) is 16.6. The SMILES string of the molecule is BrC1=CC(Br)C2=CCc3c(Br)cc(Br)c4ccc1c2c34.C1=Cc2ccc3cccc4c3c2C(=CC4)C1.CC(=O)c1ccc([N+](=O)[O-])cc1.Nc1ccc(-c2cc(-c3ccc(N)cc3)cc(-c3ccc(N)cc3)c2)cc1.O=[N+]([O-])c1ccc(-c2cc(-c3ccc([N+](=O)[O-])cc3)cc(-c3ccc([N+](=O)[O-])cc3)c2)cc1. The van der Waals surface area contributed by atoms with Gasteiger partial charge in [0.15, 0.2) is 5.78 Å². The minimum Gasteiger partial charge on any atom is -0.399 e. The van der Waals surface area contributed by atoms with Crippen LogP contribution in [0.5, 0.6) is 0 Å². The van der Waals surface area contributed by atoms with E-state index in [0.717, 1.165) is 112 Å². The Morgan fingerprint density at radius 3 is 1.23 bits per heavy atom. The van der Waals surface area contributed by atoms with Gasteiger partial charge in [-0.05, 0) is 286 Å². The predicted octanol–water partition coefficient (Wildman–Crippen LogP) is 24.7. The van der Waals surface area contributed by atoms with E-state index >= 15 is 0 Å². The molecule has 0 saturated heterocycles. The Hall–Kier alpha value is -12.1. The number of non-ortho nitro benzene ring substituents is 4. The van der Waals surface area contributed by atoms with Gasteiger partial charge < -0.3 is 17.2 Å². The van der Waals surface area contributed by atoms with Gasteiger partial charge in [0, 0.05) is 84.6 Å². The number of nitrogen functional groups attached to an aromatic ring is 3. The molecule has 0 heterocycles. The van der Waals surface area contributed by atoms with Gasteiger partial charge in [-0.15, -0.1) is 0 Å². The molecule has 4 aliphatic carbocycles. The summed E-state index contributed by atoms with van der Waals surface area (Å²) in [6, 6.07) is 77.7. The quantitative estimate of drug-likeness (QED) is 0.0359. The van der Waals surface area contributed by atoms with Crippen LogP contribution >= 0.6 is 63.7 Å². The number of hydrogen-bond donors (Lipinski definition) is 3. The molecule has 1 unspecified atom stereocenters. The van der Waals surface area contributed by atoms with Crippen LogP contribution in [0.3, 0.4) is 0 Å². The van der Waals surface area contributed by atoms with Crippen LogP contribution in [0.1, 0.15) is 57.1 Å². The van der Waals surface area contributed by atoms with Crippen molar-refractivity contribution < 1.29 is 24.5 Å². The molecule has 17 rings (SSSR count). The molecular formula is C88H63Br4N7O9. The molecule has 0 radical (unpaired) electrons. The van der Waals surface area contributed by atoms with Crippen molar-refractivity contribution in [1.82, 2.24) is 0 Å². The number of allylic oxidation sites excluding steroid dienone is 6. The Morgan fingerprint density at radius 2 is 0.824 bits per heavy atom. The van der Waals surface area contributed by atoms with E-state index in [4.69, 9.17) is 17.2 Å². The number of benzene rings is 13. The van der Waals surface area contributed by atoms with Crippen molar-refractivity contribution in [1.29, 1.82) is 0 Å². The summed E-state index contributed by atoms with van der Waals surface area (Å²) in [6.45, 7) is 1.42. The summed E-state index contributed by atoms with van der Waals surface area (Å²) >= 11 is 14.9. The fraction of sp³-hybridized carbons (Fsp3) is 0.0568. The first-order valence-electron chi connectivity index (χ1n) is 34.0. The van der Waals surface area contributed by atoms with E-state index < -0.39 is 19.7 Å². The first-order valence-corrected chi connectivity index (χ1v) is 37.3. The van der Waals surface area contributed by atoms with Crippen LogP contribution in [0, 0.1) is 40.5 Å². The lowest BCUT2D eigenvalue weighted by atomic mass is 9.81. The van der Waals surface area contributed by atoms with E-state index in [-0.39, 0.29) is 33.4 Å². The maximum Gasteiger partial charge on any atom is 0.269 e. The van der Waals surface area contributed by atoms with Gasteiger partial charge in [-0.1, -0.05) is 173 Å². The zero-order valence-corrected chi connectivity index (χ0v) is 63.9. The van der Waals surface area contributed by atoms with Crippen molar-refractivity contribution in [3.8, 4) is 66.8 Å². The van der Waals surface area contributed by atoms with Crippen LogP contribution in [0.15, 0.2) is 288 Å². The van der Waals surface area contributed by atoms with E-state index in [2.05, 4.69) is 161 Å². The number of alkyl halides is 1. The molecule has 108 heavy (non-hydrogen) atoms. The average Bonchev–Trinajstić information content (AvgIpc) is 0.731. The van der Waals surface area contributed by atoms with Crippen LogP contribution in [0.2, 0.25) is 0 Å². The van der Waals surface area contributed by atoms with Crippen molar-refractivity contribution in [2.24, 2.45) is 0 Å². The van der Waals surface area contributed by atoms with Gasteiger partial charge in [-0.25, -0.2) is 0 Å². The lowest BCUT2D eigenvalue weighted by Gasteiger charge is -2.28. The summed E-state index contributed by atoms with van der Waals surface area (Å²) in [4.78, 5) is 52.3. The zero-order chi connectivity index (χ0) is 76.0. The van der Waals surface area contributed by atoms with E-state index in [0.29, 0.717) is 5.56 Å². The minimum absolute atomic E-state index is 0.000000000000000222. The fourth-order valence-electron chi connectivity index (χ4n) is 13.5. The number of nitrogens with zero attached hydrogens (tertiary/aromatic N) is 4. The summed E-state index contributed by atoms with van der Waals surface area (Å²) in [5, 5.41) is 48.7. The van der Waals surface area contributed by atoms with E-state index in [1.807, 2.05) is 91.0 Å². The zero-order valence-electron chi connectivity index (χ0n) is 57.5. The van der Waals surface area contributed by atoms with Crippen LogP contribution in [0.4, 0.5) is 39.8 Å². The molecular weight excluding hydrogens is 1620 g/mol. The molecule has 16 nitrogen and oxygen atoms in total. The predicted molar refractivity (Wildman–Crippen MR) is 452 cm³/mol. The average molecular weight is 1680 g/mol. The number of hydrogen-bond acceptors (Lipinski definition) is 12. The highest BCUT2D eigenvalue weighted by Gasteiger charge is 2.29. The van der Waals surface area contributed by atoms with Crippen molar-refractivity contribution in [2.45, 2.75) is 31.0 Å². The number of carbonyl (C=O) groups is 1. The summed E-state index contributed by atoms with van der Waals surface area (Å²) < 4.78 is 3.48. The van der Waals surface area contributed by atoms with Crippen molar-refractivity contribution in [3.05, 3.63) is 367 Å². The largest absolute Gasteiger partial charge is 0.399 e. The van der Waals surface area contributed by atoms with Gasteiger partial charge in [0.1, 0.15) is 0 Å². The Bertz CT molecular complexity index is 5500. The maximum absolute atomic E-state index is 11.0. The molecule has 0 spiro atoms. The van der Waals surface area contributed by atoms with Gasteiger partial charge in [0.05, 0.1) is 24.5 Å². The number of Topliss-reactive ketones (excluding diaryl/α,β-unsaturated/α-hetero) is 1. The number of nitro benzene ring substituents is 4. The number of rotatable bonds is 11. The number of ketones is 1. The minimum atomic E-state index is -0.496. The number of carbonyl (C=O) groups excluding carboxylic acids is 1. The van der Waals surface area contributed by atoms with Crippen LogP contribution < -0.4 is 17.2 Å². The Labute approximate surface area is 654 Å². The van der Waals surface area contributed by atoms with Crippen LogP contribution in [0.25, 0.3) is 110 Å². The number of nitrogens with two attached hydrogens (primary N) is 3. The summed E-state index contributed by atoms with van der Waals surface area (Å²) in [5.41, 5.74) is 42.8. The molecule has 6 N–H and O–H groups in total. The Balaban J connectivity index is 0.000000124. The molecule has 0 aliphatic heterocycles.